The van der Waals surface area contributed by atoms with Crippen molar-refractivity contribution in [2.45, 2.75) is 24.7 Å². The molecule has 0 amide bonds. The lowest BCUT2D eigenvalue weighted by Crippen LogP contribution is -2.39. The Morgan fingerprint density at radius 1 is 1.18 bits per heavy atom. The van der Waals surface area contributed by atoms with Gasteiger partial charge in [0.05, 0.1) is 11.3 Å². The van der Waals surface area contributed by atoms with Gasteiger partial charge in [-0.3, -0.25) is 4.79 Å². The average molecular weight is 230 g/mol. The lowest BCUT2D eigenvalue weighted by molar-refractivity contribution is -0.133. The molecule has 1 aromatic rings. The fourth-order valence-corrected chi connectivity index (χ4v) is 2.43. The number of aldehydes is 2. The minimum Gasteiger partial charge on any atom is -0.303 e. The molecule has 17 heavy (non-hydrogen) atoms. The molecule has 1 saturated carbocycles. The molecule has 1 aliphatic rings. The van der Waals surface area contributed by atoms with Gasteiger partial charge in [-0.05, 0) is 18.4 Å². The van der Waals surface area contributed by atoms with E-state index in [0.717, 1.165) is 11.8 Å². The van der Waals surface area contributed by atoms with Gasteiger partial charge in [0.15, 0.2) is 0 Å². The number of hydrogen-bond acceptors (Lipinski definition) is 3. The van der Waals surface area contributed by atoms with Gasteiger partial charge >= 0.3 is 0 Å². The minimum absolute atomic E-state index is 0.123. The van der Waals surface area contributed by atoms with Crippen molar-refractivity contribution in [3.63, 3.8) is 0 Å². The predicted octanol–water partition coefficient (Wildman–Crippen LogP) is 1.69. The molecule has 2 atom stereocenters. The molecule has 3 nitrogen and oxygen atoms in total. The molecule has 0 aromatic heterocycles. The Morgan fingerprint density at radius 2 is 1.88 bits per heavy atom. The van der Waals surface area contributed by atoms with Crippen LogP contribution in [0.25, 0.3) is 0 Å². The monoisotopic (exact) mass is 230 g/mol. The summed E-state index contributed by atoms with van der Waals surface area (Å²) in [5.41, 5.74) is 0.144. The van der Waals surface area contributed by atoms with Crippen molar-refractivity contribution in [1.82, 2.24) is 0 Å². The molecule has 88 valence electrons. The molecule has 0 bridgehead atoms. The number of carbonyl (C=O) groups excluding carboxylic acids is 3. The fourth-order valence-electron chi connectivity index (χ4n) is 2.43. The molecule has 1 aromatic carbocycles. The molecule has 0 N–H and O–H groups in total. The van der Waals surface area contributed by atoms with Gasteiger partial charge in [0.2, 0.25) is 0 Å². The zero-order chi connectivity index (χ0) is 12.3. The highest BCUT2D eigenvalue weighted by molar-refractivity contribution is 5.97. The largest absolute Gasteiger partial charge is 0.303 e. The van der Waals surface area contributed by atoms with E-state index in [1.807, 2.05) is 30.3 Å². The smallest absolute Gasteiger partial charge is 0.144 e. The summed E-state index contributed by atoms with van der Waals surface area (Å²) in [7, 11) is 0. The second kappa shape index (κ2) is 4.62. The number of carbonyl (C=O) groups is 3. The summed E-state index contributed by atoms with van der Waals surface area (Å²) in [5, 5.41) is 0. The van der Waals surface area contributed by atoms with Crippen molar-refractivity contribution in [2.75, 3.05) is 0 Å². The summed E-state index contributed by atoms with van der Waals surface area (Å²) >= 11 is 0. The highest BCUT2D eigenvalue weighted by atomic mass is 16.1. The van der Waals surface area contributed by atoms with Gasteiger partial charge in [0.1, 0.15) is 18.4 Å². The lowest BCUT2D eigenvalue weighted by atomic mass is 9.67. The molecule has 1 aliphatic carbocycles. The summed E-state index contributed by atoms with van der Waals surface area (Å²) < 4.78 is 0. The predicted molar refractivity (Wildman–Crippen MR) is 62.6 cm³/mol. The van der Waals surface area contributed by atoms with Gasteiger partial charge in [0, 0.05) is 6.42 Å². The quantitative estimate of drug-likeness (QED) is 0.586. The maximum atomic E-state index is 11.8. The van der Waals surface area contributed by atoms with E-state index in [0.29, 0.717) is 19.1 Å². The number of hydrogen-bond donors (Lipinski definition) is 0. The van der Waals surface area contributed by atoms with E-state index < -0.39 is 11.3 Å². The third kappa shape index (κ3) is 2.05. The summed E-state index contributed by atoms with van der Waals surface area (Å²) in [6.07, 6.45) is 2.73. The van der Waals surface area contributed by atoms with Gasteiger partial charge in [-0.15, -0.1) is 0 Å². The van der Waals surface area contributed by atoms with Crippen molar-refractivity contribution < 1.29 is 14.4 Å². The third-order valence-corrected chi connectivity index (χ3v) is 3.54. The van der Waals surface area contributed by atoms with Crippen LogP contribution in [0.2, 0.25) is 0 Å². The highest BCUT2D eigenvalue weighted by Gasteiger charge is 2.41. The van der Waals surface area contributed by atoms with Gasteiger partial charge < -0.3 is 9.59 Å². The Bertz CT molecular complexity index is 438. The van der Waals surface area contributed by atoms with Crippen LogP contribution in [0.4, 0.5) is 0 Å². The lowest BCUT2D eigenvalue weighted by Gasteiger charge is -2.33. The fraction of sp³-hybridized carbons (Fsp3) is 0.357. The van der Waals surface area contributed by atoms with Crippen LogP contribution < -0.4 is 0 Å². The van der Waals surface area contributed by atoms with E-state index in [4.69, 9.17) is 0 Å². The summed E-state index contributed by atoms with van der Waals surface area (Å²) in [5.74, 6) is -0.644. The normalized spacial score (nSPS) is 28.7. The molecule has 0 aliphatic heterocycles. The maximum absolute atomic E-state index is 11.8. The SMILES string of the molecule is O=CC1CC[C@@](C=O)(c2ccccc2)CC1=O. The van der Waals surface area contributed by atoms with Crippen LogP contribution in [0.15, 0.2) is 30.3 Å². The molecule has 2 rings (SSSR count). The first kappa shape index (κ1) is 11.7. The van der Waals surface area contributed by atoms with Crippen LogP contribution in [-0.2, 0) is 19.8 Å². The van der Waals surface area contributed by atoms with Crippen molar-refractivity contribution in [3.05, 3.63) is 35.9 Å². The molecular weight excluding hydrogens is 216 g/mol. The Balaban J connectivity index is 2.32. The molecular formula is C14H14O3. The van der Waals surface area contributed by atoms with E-state index in [2.05, 4.69) is 0 Å². The topological polar surface area (TPSA) is 51.2 Å². The summed E-state index contributed by atoms with van der Waals surface area (Å²) in [6, 6.07) is 9.32. The van der Waals surface area contributed by atoms with E-state index in [-0.39, 0.29) is 12.2 Å². The first-order valence-corrected chi connectivity index (χ1v) is 5.72. The first-order valence-electron chi connectivity index (χ1n) is 5.72. The van der Waals surface area contributed by atoms with E-state index in [1.165, 1.54) is 0 Å². The number of Topliss-reactive ketones (excluding diaryl/α,β-unsaturated/α-hetero) is 1. The second-order valence-electron chi connectivity index (χ2n) is 4.56. The highest BCUT2D eigenvalue weighted by Crippen LogP contribution is 2.37. The summed E-state index contributed by atoms with van der Waals surface area (Å²) in [6.45, 7) is 0. The molecule has 0 saturated heterocycles. The van der Waals surface area contributed by atoms with E-state index in [9.17, 15) is 14.4 Å². The maximum Gasteiger partial charge on any atom is 0.144 e. The number of ketones is 1. The van der Waals surface area contributed by atoms with Crippen molar-refractivity contribution >= 4 is 18.4 Å². The molecule has 1 unspecified atom stereocenters. The molecule has 0 radical (unpaired) electrons. The Hall–Kier alpha value is -1.77. The number of benzene rings is 1. The van der Waals surface area contributed by atoms with Crippen LogP contribution in [0.1, 0.15) is 24.8 Å². The van der Waals surface area contributed by atoms with Crippen LogP contribution in [0.5, 0.6) is 0 Å². The molecule has 0 heterocycles. The second-order valence-corrected chi connectivity index (χ2v) is 4.56. The van der Waals surface area contributed by atoms with Gasteiger partial charge in [-0.1, -0.05) is 30.3 Å². The van der Waals surface area contributed by atoms with Gasteiger partial charge in [-0.25, -0.2) is 0 Å². The molecule has 0 spiro atoms. The van der Waals surface area contributed by atoms with Crippen LogP contribution in [0, 0.1) is 5.92 Å². The minimum atomic E-state index is -0.724. The molecule has 3 heteroatoms. The van der Waals surface area contributed by atoms with Crippen molar-refractivity contribution in [3.8, 4) is 0 Å². The van der Waals surface area contributed by atoms with Crippen LogP contribution in [0.3, 0.4) is 0 Å². The Labute approximate surface area is 99.8 Å². The zero-order valence-electron chi connectivity index (χ0n) is 9.46. The zero-order valence-corrected chi connectivity index (χ0v) is 9.46. The van der Waals surface area contributed by atoms with Gasteiger partial charge in [0.25, 0.3) is 0 Å². The van der Waals surface area contributed by atoms with Gasteiger partial charge in [-0.2, -0.15) is 0 Å². The first-order chi connectivity index (χ1) is 8.22. The molecule has 1 fully saturated rings. The van der Waals surface area contributed by atoms with Crippen LogP contribution >= 0.6 is 0 Å². The third-order valence-electron chi connectivity index (χ3n) is 3.54. The summed E-state index contributed by atoms with van der Waals surface area (Å²) in [4.78, 5) is 33.9. The average Bonchev–Trinajstić information content (AvgIpc) is 2.39. The van der Waals surface area contributed by atoms with Crippen molar-refractivity contribution in [2.24, 2.45) is 5.92 Å². The number of rotatable bonds is 3. The van der Waals surface area contributed by atoms with E-state index >= 15 is 0 Å². The Kier molecular flexibility index (Phi) is 3.18. The standard InChI is InChI=1S/C14H14O3/c15-9-11-6-7-14(10-16,8-13(11)17)12-4-2-1-3-5-12/h1-5,9-11H,6-8H2/t11?,14-/m1/s1. The van der Waals surface area contributed by atoms with Crippen LogP contribution in [-0.4, -0.2) is 18.4 Å². The Morgan fingerprint density at radius 3 is 2.41 bits per heavy atom. The van der Waals surface area contributed by atoms with Crippen molar-refractivity contribution in [1.29, 1.82) is 0 Å². The van der Waals surface area contributed by atoms with E-state index in [1.54, 1.807) is 0 Å².